The van der Waals surface area contributed by atoms with Gasteiger partial charge in [0, 0.05) is 29.3 Å². The third kappa shape index (κ3) is 5.09. The third-order valence-corrected chi connectivity index (χ3v) is 4.60. The van der Waals surface area contributed by atoms with E-state index in [1.807, 2.05) is 18.2 Å². The average Bonchev–Trinajstić information content (AvgIpc) is 2.50. The molecule has 0 aromatic heterocycles. The first-order valence-corrected chi connectivity index (χ1v) is 8.27. The van der Waals surface area contributed by atoms with Gasteiger partial charge in [-0.3, -0.25) is 4.79 Å². The van der Waals surface area contributed by atoms with Crippen molar-refractivity contribution in [2.45, 2.75) is 32.3 Å². The Morgan fingerprint density at radius 2 is 2.38 bits per heavy atom. The van der Waals surface area contributed by atoms with E-state index >= 15 is 0 Å². The highest BCUT2D eigenvalue weighted by atomic mass is 79.9. The fraction of sp³-hybridized carbons (Fsp3) is 0.562. The van der Waals surface area contributed by atoms with Crippen LogP contribution in [0.1, 0.15) is 31.2 Å². The van der Waals surface area contributed by atoms with Crippen LogP contribution in [0.2, 0.25) is 0 Å². The van der Waals surface area contributed by atoms with Gasteiger partial charge in [-0.2, -0.15) is 0 Å². The molecular weight excluding hydrogens is 332 g/mol. The van der Waals surface area contributed by atoms with Gasteiger partial charge in [0.15, 0.2) is 0 Å². The SMILES string of the molecule is COCc1c(Br)cccc1NC(=O)CCC1CCCNC1. The van der Waals surface area contributed by atoms with Crippen LogP contribution < -0.4 is 10.6 Å². The molecule has 116 valence electrons. The summed E-state index contributed by atoms with van der Waals surface area (Å²) in [6.07, 6.45) is 3.97. The maximum absolute atomic E-state index is 12.1. The molecule has 0 saturated carbocycles. The highest BCUT2D eigenvalue weighted by Gasteiger charge is 2.15. The number of piperidine rings is 1. The van der Waals surface area contributed by atoms with Gasteiger partial charge in [-0.15, -0.1) is 0 Å². The van der Waals surface area contributed by atoms with Crippen LogP contribution in [0.15, 0.2) is 22.7 Å². The van der Waals surface area contributed by atoms with Gasteiger partial charge in [-0.25, -0.2) is 0 Å². The van der Waals surface area contributed by atoms with Crippen molar-refractivity contribution in [1.82, 2.24) is 5.32 Å². The lowest BCUT2D eigenvalue weighted by Gasteiger charge is -2.22. The monoisotopic (exact) mass is 354 g/mol. The van der Waals surface area contributed by atoms with Crippen LogP contribution in [0.4, 0.5) is 5.69 Å². The summed E-state index contributed by atoms with van der Waals surface area (Å²) in [6, 6.07) is 5.79. The maximum atomic E-state index is 12.1. The second-order valence-electron chi connectivity index (χ2n) is 5.50. The molecule has 1 heterocycles. The van der Waals surface area contributed by atoms with Crippen molar-refractivity contribution >= 4 is 27.5 Å². The smallest absolute Gasteiger partial charge is 0.224 e. The van der Waals surface area contributed by atoms with Crippen LogP contribution in [-0.4, -0.2) is 26.1 Å². The maximum Gasteiger partial charge on any atom is 0.224 e. The van der Waals surface area contributed by atoms with Crippen LogP contribution in [0, 0.1) is 5.92 Å². The molecule has 1 aromatic carbocycles. The van der Waals surface area contributed by atoms with E-state index in [2.05, 4.69) is 26.6 Å². The van der Waals surface area contributed by atoms with Gasteiger partial charge >= 0.3 is 0 Å². The van der Waals surface area contributed by atoms with E-state index in [1.54, 1.807) is 7.11 Å². The number of rotatable bonds is 6. The quantitative estimate of drug-likeness (QED) is 0.823. The molecule has 1 amide bonds. The Kier molecular flexibility index (Phi) is 6.67. The molecule has 2 rings (SSSR count). The summed E-state index contributed by atoms with van der Waals surface area (Å²) < 4.78 is 6.15. The van der Waals surface area contributed by atoms with E-state index in [9.17, 15) is 4.79 Å². The first-order chi connectivity index (χ1) is 10.2. The van der Waals surface area contributed by atoms with Crippen molar-refractivity contribution in [3.63, 3.8) is 0 Å². The van der Waals surface area contributed by atoms with Crippen molar-refractivity contribution in [2.24, 2.45) is 5.92 Å². The van der Waals surface area contributed by atoms with E-state index < -0.39 is 0 Å². The van der Waals surface area contributed by atoms with Crippen molar-refractivity contribution in [1.29, 1.82) is 0 Å². The molecular formula is C16H23BrN2O2. The number of ether oxygens (including phenoxy) is 1. The molecule has 1 aliphatic heterocycles. The highest BCUT2D eigenvalue weighted by Crippen LogP contribution is 2.26. The second kappa shape index (κ2) is 8.51. The molecule has 0 bridgehead atoms. The summed E-state index contributed by atoms with van der Waals surface area (Å²) >= 11 is 3.50. The summed E-state index contributed by atoms with van der Waals surface area (Å²) in [5.41, 5.74) is 1.81. The number of hydrogen-bond acceptors (Lipinski definition) is 3. The third-order valence-electron chi connectivity index (χ3n) is 3.86. The predicted molar refractivity (Wildman–Crippen MR) is 88.3 cm³/mol. The molecule has 1 saturated heterocycles. The molecule has 0 spiro atoms. The number of amides is 1. The van der Waals surface area contributed by atoms with Gasteiger partial charge in [0.2, 0.25) is 5.91 Å². The van der Waals surface area contributed by atoms with Crippen LogP contribution in [0.25, 0.3) is 0 Å². The number of benzene rings is 1. The molecule has 2 N–H and O–H groups in total. The Hall–Kier alpha value is -0.910. The molecule has 4 nitrogen and oxygen atoms in total. The summed E-state index contributed by atoms with van der Waals surface area (Å²) in [6.45, 7) is 2.63. The van der Waals surface area contributed by atoms with Gasteiger partial charge in [0.05, 0.1) is 6.61 Å². The Bertz CT molecular complexity index is 473. The molecule has 0 aliphatic carbocycles. The zero-order chi connectivity index (χ0) is 15.1. The molecule has 5 heteroatoms. The Labute approximate surface area is 134 Å². The fourth-order valence-corrected chi connectivity index (χ4v) is 3.17. The predicted octanol–water partition coefficient (Wildman–Crippen LogP) is 3.31. The van der Waals surface area contributed by atoms with E-state index in [-0.39, 0.29) is 5.91 Å². The van der Waals surface area contributed by atoms with Gasteiger partial charge in [0.1, 0.15) is 0 Å². The van der Waals surface area contributed by atoms with Crippen LogP contribution in [-0.2, 0) is 16.1 Å². The largest absolute Gasteiger partial charge is 0.380 e. The molecule has 21 heavy (non-hydrogen) atoms. The summed E-state index contributed by atoms with van der Waals surface area (Å²) in [7, 11) is 1.65. The normalized spacial score (nSPS) is 18.5. The first-order valence-electron chi connectivity index (χ1n) is 7.47. The molecule has 1 aliphatic rings. The summed E-state index contributed by atoms with van der Waals surface area (Å²) in [5.74, 6) is 0.710. The van der Waals surface area contributed by atoms with Crippen LogP contribution >= 0.6 is 15.9 Å². The second-order valence-corrected chi connectivity index (χ2v) is 6.35. The minimum atomic E-state index is 0.0797. The number of carbonyl (C=O) groups is 1. The van der Waals surface area contributed by atoms with Gasteiger partial charge in [-0.05, 0) is 50.4 Å². The molecule has 1 atom stereocenters. The van der Waals surface area contributed by atoms with E-state index in [0.29, 0.717) is 18.9 Å². The average molecular weight is 355 g/mol. The number of anilines is 1. The van der Waals surface area contributed by atoms with Gasteiger partial charge in [0.25, 0.3) is 0 Å². The number of carbonyl (C=O) groups excluding carboxylic acids is 1. The Morgan fingerprint density at radius 1 is 1.52 bits per heavy atom. The van der Waals surface area contributed by atoms with E-state index in [0.717, 1.165) is 35.2 Å². The van der Waals surface area contributed by atoms with Crippen molar-refractivity contribution in [2.75, 3.05) is 25.5 Å². The lowest BCUT2D eigenvalue weighted by Crippen LogP contribution is -2.30. The first kappa shape index (κ1) is 16.5. The molecule has 1 unspecified atom stereocenters. The standard InChI is InChI=1S/C16H23BrN2O2/c1-21-11-13-14(17)5-2-6-15(13)19-16(20)8-7-12-4-3-9-18-10-12/h2,5-6,12,18H,3-4,7-11H2,1H3,(H,19,20). The summed E-state index contributed by atoms with van der Waals surface area (Å²) in [4.78, 5) is 12.1. The number of nitrogens with one attached hydrogen (secondary N) is 2. The minimum absolute atomic E-state index is 0.0797. The highest BCUT2D eigenvalue weighted by molar-refractivity contribution is 9.10. The Morgan fingerprint density at radius 3 is 3.10 bits per heavy atom. The molecule has 0 radical (unpaired) electrons. The van der Waals surface area contributed by atoms with Crippen molar-refractivity contribution < 1.29 is 9.53 Å². The number of methoxy groups -OCH3 is 1. The Balaban J connectivity index is 1.88. The molecule has 1 aromatic rings. The zero-order valence-electron chi connectivity index (χ0n) is 12.5. The van der Waals surface area contributed by atoms with Crippen molar-refractivity contribution in [3.8, 4) is 0 Å². The van der Waals surface area contributed by atoms with Gasteiger partial charge in [-0.1, -0.05) is 22.0 Å². The topological polar surface area (TPSA) is 50.4 Å². The van der Waals surface area contributed by atoms with Crippen LogP contribution in [0.3, 0.4) is 0 Å². The van der Waals surface area contributed by atoms with E-state index in [1.165, 1.54) is 12.8 Å². The van der Waals surface area contributed by atoms with Gasteiger partial charge < -0.3 is 15.4 Å². The van der Waals surface area contributed by atoms with Crippen LogP contribution in [0.5, 0.6) is 0 Å². The lowest BCUT2D eigenvalue weighted by atomic mass is 9.94. The minimum Gasteiger partial charge on any atom is -0.380 e. The fourth-order valence-electron chi connectivity index (χ4n) is 2.69. The molecule has 1 fully saturated rings. The number of hydrogen-bond donors (Lipinski definition) is 2. The summed E-state index contributed by atoms with van der Waals surface area (Å²) in [5, 5.41) is 6.39. The van der Waals surface area contributed by atoms with E-state index in [4.69, 9.17) is 4.74 Å². The lowest BCUT2D eigenvalue weighted by molar-refractivity contribution is -0.116. The zero-order valence-corrected chi connectivity index (χ0v) is 14.0. The van der Waals surface area contributed by atoms with Crippen molar-refractivity contribution in [3.05, 3.63) is 28.2 Å². The number of halogens is 1.